The Morgan fingerprint density at radius 1 is 1.15 bits per heavy atom. The number of aryl methyl sites for hydroxylation is 3. The Labute approximate surface area is 151 Å². The molecule has 0 radical (unpaired) electrons. The molecule has 0 saturated heterocycles. The summed E-state index contributed by atoms with van der Waals surface area (Å²) >= 11 is 0. The van der Waals surface area contributed by atoms with Crippen LogP contribution in [-0.2, 0) is 7.05 Å². The van der Waals surface area contributed by atoms with Gasteiger partial charge in [-0.2, -0.15) is 0 Å². The van der Waals surface area contributed by atoms with Crippen molar-refractivity contribution in [1.82, 2.24) is 24.3 Å². The molecular weight excluding hydrogens is 326 g/mol. The van der Waals surface area contributed by atoms with Crippen LogP contribution < -0.4 is 5.32 Å². The molecule has 0 saturated carbocycles. The van der Waals surface area contributed by atoms with Crippen LogP contribution in [0.2, 0.25) is 0 Å². The summed E-state index contributed by atoms with van der Waals surface area (Å²) in [6.45, 7) is 5.89. The third-order valence-corrected chi connectivity index (χ3v) is 4.74. The molecule has 4 rings (SSSR count). The highest BCUT2D eigenvalue weighted by Gasteiger charge is 2.20. The highest BCUT2D eigenvalue weighted by atomic mass is 16.1. The number of imidazole rings is 1. The van der Waals surface area contributed by atoms with Gasteiger partial charge in [0.05, 0.1) is 22.6 Å². The van der Waals surface area contributed by atoms with Crippen LogP contribution in [0.1, 0.15) is 40.5 Å². The summed E-state index contributed by atoms with van der Waals surface area (Å²) in [5.41, 5.74) is 5.17. The fourth-order valence-electron chi connectivity index (χ4n) is 3.46. The van der Waals surface area contributed by atoms with Crippen LogP contribution in [0.4, 0.5) is 0 Å². The summed E-state index contributed by atoms with van der Waals surface area (Å²) < 4.78 is 3.95. The molecule has 1 aromatic carbocycles. The van der Waals surface area contributed by atoms with Crippen molar-refractivity contribution in [3.63, 3.8) is 0 Å². The lowest BCUT2D eigenvalue weighted by Gasteiger charge is -2.14. The van der Waals surface area contributed by atoms with Crippen molar-refractivity contribution in [1.29, 1.82) is 0 Å². The number of benzene rings is 1. The summed E-state index contributed by atoms with van der Waals surface area (Å²) in [6.07, 6.45) is 1.88. The van der Waals surface area contributed by atoms with Crippen LogP contribution in [-0.4, -0.2) is 24.8 Å². The predicted molar refractivity (Wildman–Crippen MR) is 101 cm³/mol. The van der Waals surface area contributed by atoms with Crippen LogP contribution in [0.5, 0.6) is 0 Å². The first-order chi connectivity index (χ1) is 12.5. The second-order valence-corrected chi connectivity index (χ2v) is 6.67. The van der Waals surface area contributed by atoms with Gasteiger partial charge >= 0.3 is 0 Å². The first-order valence-electron chi connectivity index (χ1n) is 8.63. The van der Waals surface area contributed by atoms with Gasteiger partial charge < -0.3 is 14.3 Å². The van der Waals surface area contributed by atoms with Gasteiger partial charge in [0.2, 0.25) is 0 Å². The van der Waals surface area contributed by atoms with Crippen LogP contribution in [0.25, 0.3) is 16.7 Å². The first-order valence-corrected chi connectivity index (χ1v) is 8.63. The highest BCUT2D eigenvalue weighted by Crippen LogP contribution is 2.20. The molecule has 3 heterocycles. The third kappa shape index (κ3) is 2.54. The SMILES string of the molecule is Cc1cc(C)n2ccc(C(=O)NC(C)c3nc4ccccc4n3C)c2n1. The van der Waals surface area contributed by atoms with Crippen LogP contribution >= 0.6 is 0 Å². The summed E-state index contributed by atoms with van der Waals surface area (Å²) in [4.78, 5) is 22.0. The number of rotatable bonds is 3. The van der Waals surface area contributed by atoms with Crippen molar-refractivity contribution in [2.45, 2.75) is 26.8 Å². The summed E-state index contributed by atoms with van der Waals surface area (Å²) in [5, 5.41) is 3.06. The molecule has 3 aromatic heterocycles. The Kier molecular flexibility index (Phi) is 3.76. The molecule has 132 valence electrons. The minimum Gasteiger partial charge on any atom is -0.342 e. The second kappa shape index (κ2) is 5.98. The van der Waals surface area contributed by atoms with Gasteiger partial charge in [-0.15, -0.1) is 0 Å². The molecule has 1 N–H and O–H groups in total. The van der Waals surface area contributed by atoms with E-state index in [2.05, 4.69) is 15.3 Å². The molecule has 1 amide bonds. The van der Waals surface area contributed by atoms with Crippen molar-refractivity contribution in [2.24, 2.45) is 7.05 Å². The number of para-hydroxylation sites is 2. The normalized spacial score (nSPS) is 12.6. The van der Waals surface area contributed by atoms with Gasteiger partial charge in [0, 0.05) is 24.6 Å². The van der Waals surface area contributed by atoms with Crippen LogP contribution in [0.3, 0.4) is 0 Å². The monoisotopic (exact) mass is 347 g/mol. The zero-order valence-corrected chi connectivity index (χ0v) is 15.3. The number of hydrogen-bond acceptors (Lipinski definition) is 3. The number of nitrogens with zero attached hydrogens (tertiary/aromatic N) is 4. The van der Waals surface area contributed by atoms with Gasteiger partial charge in [-0.25, -0.2) is 9.97 Å². The standard InChI is InChI=1S/C20H21N5O/c1-12-11-13(2)25-10-9-15(19(25)21-12)20(26)22-14(3)18-23-16-7-5-6-8-17(16)24(18)4/h5-11,14H,1-4H3,(H,22,26). The molecule has 0 aliphatic rings. The molecule has 6 nitrogen and oxygen atoms in total. The second-order valence-electron chi connectivity index (χ2n) is 6.67. The fourth-order valence-corrected chi connectivity index (χ4v) is 3.46. The van der Waals surface area contributed by atoms with E-state index < -0.39 is 0 Å². The highest BCUT2D eigenvalue weighted by molar-refractivity contribution is 6.00. The Balaban J connectivity index is 1.66. The number of carbonyl (C=O) groups excluding carboxylic acids is 1. The number of carbonyl (C=O) groups is 1. The van der Waals surface area contributed by atoms with Gasteiger partial charge in [-0.1, -0.05) is 12.1 Å². The lowest BCUT2D eigenvalue weighted by molar-refractivity contribution is 0.0939. The molecule has 0 bridgehead atoms. The van der Waals surface area contributed by atoms with E-state index >= 15 is 0 Å². The average molecular weight is 347 g/mol. The van der Waals surface area contributed by atoms with Crippen LogP contribution in [0.15, 0.2) is 42.6 Å². The van der Waals surface area contributed by atoms with Gasteiger partial charge in [0.1, 0.15) is 11.5 Å². The third-order valence-electron chi connectivity index (χ3n) is 4.74. The smallest absolute Gasteiger partial charge is 0.255 e. The number of aromatic nitrogens is 4. The molecule has 6 heteroatoms. The van der Waals surface area contributed by atoms with Gasteiger partial charge in [0.25, 0.3) is 5.91 Å². The topological polar surface area (TPSA) is 64.2 Å². The lowest BCUT2D eigenvalue weighted by Crippen LogP contribution is -2.28. The van der Waals surface area contributed by atoms with Crippen molar-refractivity contribution < 1.29 is 4.79 Å². The number of nitrogens with one attached hydrogen (secondary N) is 1. The van der Waals surface area contributed by atoms with Crippen molar-refractivity contribution in [2.75, 3.05) is 0 Å². The Morgan fingerprint density at radius 3 is 2.69 bits per heavy atom. The van der Waals surface area contributed by atoms with E-state index in [1.165, 1.54) is 0 Å². The molecule has 0 spiro atoms. The predicted octanol–water partition coefficient (Wildman–Crippen LogP) is 3.33. The zero-order valence-electron chi connectivity index (χ0n) is 15.3. The van der Waals surface area contributed by atoms with E-state index in [1.807, 2.05) is 79.4 Å². The molecule has 1 unspecified atom stereocenters. The minimum atomic E-state index is -0.222. The van der Waals surface area contributed by atoms with E-state index in [-0.39, 0.29) is 11.9 Å². The van der Waals surface area contributed by atoms with E-state index in [1.54, 1.807) is 0 Å². The maximum Gasteiger partial charge on any atom is 0.255 e. The molecule has 1 atom stereocenters. The fraction of sp³-hybridized carbons (Fsp3) is 0.250. The molecular formula is C20H21N5O. The molecule has 4 aromatic rings. The van der Waals surface area contributed by atoms with Crippen molar-refractivity contribution >= 4 is 22.6 Å². The number of amides is 1. The van der Waals surface area contributed by atoms with Gasteiger partial charge in [-0.05, 0) is 45.0 Å². The van der Waals surface area contributed by atoms with E-state index in [9.17, 15) is 4.79 Å². The van der Waals surface area contributed by atoms with Crippen molar-refractivity contribution in [3.05, 3.63) is 65.4 Å². The largest absolute Gasteiger partial charge is 0.342 e. The maximum atomic E-state index is 12.9. The Bertz CT molecular complexity index is 1140. The van der Waals surface area contributed by atoms with Gasteiger partial charge in [0.15, 0.2) is 0 Å². The van der Waals surface area contributed by atoms with E-state index in [4.69, 9.17) is 0 Å². The summed E-state index contributed by atoms with van der Waals surface area (Å²) in [7, 11) is 1.97. The number of fused-ring (bicyclic) bond motifs is 2. The maximum absolute atomic E-state index is 12.9. The first kappa shape index (κ1) is 16.3. The van der Waals surface area contributed by atoms with E-state index in [0.29, 0.717) is 11.2 Å². The lowest BCUT2D eigenvalue weighted by atomic mass is 10.2. The Morgan fingerprint density at radius 2 is 1.92 bits per heavy atom. The van der Waals surface area contributed by atoms with Gasteiger partial charge in [-0.3, -0.25) is 4.79 Å². The average Bonchev–Trinajstić information content (AvgIpc) is 3.17. The summed E-state index contributed by atoms with van der Waals surface area (Å²) in [5.74, 6) is 0.674. The number of hydrogen-bond donors (Lipinski definition) is 1. The molecule has 0 fully saturated rings. The van der Waals surface area contributed by atoms with E-state index in [0.717, 1.165) is 28.2 Å². The molecule has 26 heavy (non-hydrogen) atoms. The zero-order chi connectivity index (χ0) is 18.4. The van der Waals surface area contributed by atoms with Crippen LogP contribution in [0, 0.1) is 13.8 Å². The summed E-state index contributed by atoms with van der Waals surface area (Å²) in [6, 6.07) is 11.5. The quantitative estimate of drug-likeness (QED) is 0.618. The molecule has 0 aliphatic carbocycles. The molecule has 0 aliphatic heterocycles. The minimum absolute atomic E-state index is 0.149. The van der Waals surface area contributed by atoms with Crippen molar-refractivity contribution in [3.8, 4) is 0 Å². The Hall–Kier alpha value is -3.15.